The molecule has 1 N–H and O–H groups in total. The van der Waals surface area contributed by atoms with Crippen molar-refractivity contribution in [2.45, 2.75) is 18.6 Å². The molecule has 0 radical (unpaired) electrons. The minimum atomic E-state index is -4.28. The maximum absolute atomic E-state index is 12.5. The number of halogens is 4. The Morgan fingerprint density at radius 2 is 1.75 bits per heavy atom. The molecule has 2 aromatic rings. The van der Waals surface area contributed by atoms with Crippen molar-refractivity contribution < 1.29 is 13.2 Å². The number of para-hydroxylation sites is 1. The molecule has 1 nitrogen and oxygen atoms in total. The molecular weight excluding hydrogens is 331 g/mol. The zero-order valence-electron chi connectivity index (χ0n) is 10.3. The zero-order chi connectivity index (χ0) is 14.3. The van der Waals surface area contributed by atoms with Gasteiger partial charge in [0.05, 0.1) is 17.3 Å². The van der Waals surface area contributed by atoms with Crippen LogP contribution in [0.25, 0.3) is 0 Å². The van der Waals surface area contributed by atoms with E-state index in [1.165, 1.54) is 5.56 Å². The second-order valence-corrected chi connectivity index (χ2v) is 5.65. The van der Waals surface area contributed by atoms with E-state index in [2.05, 4.69) is 21.2 Å². The molecule has 0 amide bonds. The molecule has 1 unspecified atom stereocenters. The Balaban J connectivity index is 1.85. The molecule has 1 aliphatic rings. The Labute approximate surface area is 122 Å². The van der Waals surface area contributed by atoms with Crippen molar-refractivity contribution in [3.63, 3.8) is 0 Å². The van der Waals surface area contributed by atoms with Gasteiger partial charge in [-0.15, -0.1) is 0 Å². The second-order valence-electron chi connectivity index (χ2n) is 4.79. The van der Waals surface area contributed by atoms with E-state index in [1.54, 1.807) is 12.1 Å². The monoisotopic (exact) mass is 341 g/mol. The van der Waals surface area contributed by atoms with Crippen molar-refractivity contribution in [3.8, 4) is 0 Å². The highest BCUT2D eigenvalue weighted by Crippen LogP contribution is 2.39. The van der Waals surface area contributed by atoms with Crippen molar-refractivity contribution >= 4 is 21.6 Å². The summed E-state index contributed by atoms with van der Waals surface area (Å²) in [4.78, 5) is 0. The highest BCUT2D eigenvalue weighted by Gasteiger charge is 2.31. The van der Waals surface area contributed by atoms with E-state index in [1.807, 2.05) is 18.2 Å². The lowest BCUT2D eigenvalue weighted by Gasteiger charge is -2.13. The first-order valence-corrected chi connectivity index (χ1v) is 6.95. The zero-order valence-corrected chi connectivity index (χ0v) is 11.9. The van der Waals surface area contributed by atoms with Crippen LogP contribution in [0, 0.1) is 0 Å². The molecule has 0 saturated carbocycles. The van der Waals surface area contributed by atoms with Crippen molar-refractivity contribution in [3.05, 3.63) is 63.6 Å². The van der Waals surface area contributed by atoms with Gasteiger partial charge in [-0.2, -0.15) is 13.2 Å². The number of nitrogens with one attached hydrogen (secondary N) is 1. The molecule has 0 aliphatic carbocycles. The minimum absolute atomic E-state index is 0.0194. The van der Waals surface area contributed by atoms with Crippen LogP contribution in [0.5, 0.6) is 0 Å². The molecule has 3 rings (SSSR count). The van der Waals surface area contributed by atoms with E-state index < -0.39 is 11.7 Å². The molecule has 104 valence electrons. The van der Waals surface area contributed by atoms with Gasteiger partial charge in [-0.05, 0) is 51.7 Å². The van der Waals surface area contributed by atoms with Crippen LogP contribution in [0.1, 0.15) is 22.7 Å². The predicted molar refractivity (Wildman–Crippen MR) is 75.7 cm³/mol. The van der Waals surface area contributed by atoms with E-state index in [9.17, 15) is 13.2 Å². The third-order valence-corrected chi connectivity index (χ3v) is 4.14. The molecular formula is C15H11BrF3N. The summed E-state index contributed by atoms with van der Waals surface area (Å²) < 4.78 is 38.6. The van der Waals surface area contributed by atoms with Crippen molar-refractivity contribution in [1.29, 1.82) is 0 Å². The topological polar surface area (TPSA) is 12.0 Å². The van der Waals surface area contributed by atoms with E-state index >= 15 is 0 Å². The number of alkyl halides is 3. The summed E-state index contributed by atoms with van der Waals surface area (Å²) in [5, 5.41) is 3.35. The molecule has 0 fully saturated rings. The molecule has 20 heavy (non-hydrogen) atoms. The van der Waals surface area contributed by atoms with Gasteiger partial charge in [0, 0.05) is 4.47 Å². The van der Waals surface area contributed by atoms with Crippen LogP contribution in [-0.4, -0.2) is 0 Å². The van der Waals surface area contributed by atoms with Gasteiger partial charge in [-0.25, -0.2) is 0 Å². The van der Waals surface area contributed by atoms with Gasteiger partial charge in [-0.1, -0.05) is 24.3 Å². The first-order valence-electron chi connectivity index (χ1n) is 6.16. The summed E-state index contributed by atoms with van der Waals surface area (Å²) in [7, 11) is 0. The largest absolute Gasteiger partial charge is 0.416 e. The molecule has 5 heteroatoms. The fraction of sp³-hybridized carbons (Fsp3) is 0.200. The molecule has 0 saturated heterocycles. The summed E-state index contributed by atoms with van der Waals surface area (Å²) in [5.74, 6) is 0. The fourth-order valence-electron chi connectivity index (χ4n) is 2.45. The maximum atomic E-state index is 12.5. The van der Waals surface area contributed by atoms with Gasteiger partial charge < -0.3 is 5.32 Å². The van der Waals surface area contributed by atoms with E-state index in [0.29, 0.717) is 0 Å². The number of hydrogen-bond donors (Lipinski definition) is 1. The normalized spacial score (nSPS) is 17.7. The SMILES string of the molecule is FC(F)(F)c1ccc(C2Cc3cccc(Br)c3N2)cc1. The molecule has 0 spiro atoms. The van der Waals surface area contributed by atoms with Crippen LogP contribution in [-0.2, 0) is 12.6 Å². The summed E-state index contributed by atoms with van der Waals surface area (Å²) >= 11 is 3.47. The Bertz CT molecular complexity index is 635. The fourth-order valence-corrected chi connectivity index (χ4v) is 2.97. The number of hydrogen-bond acceptors (Lipinski definition) is 1. The summed E-state index contributed by atoms with van der Waals surface area (Å²) in [6, 6.07) is 11.3. The van der Waals surface area contributed by atoms with Gasteiger partial charge >= 0.3 is 6.18 Å². The van der Waals surface area contributed by atoms with Crippen molar-refractivity contribution in [2.24, 2.45) is 0 Å². The first kappa shape index (κ1) is 13.5. The number of anilines is 1. The van der Waals surface area contributed by atoms with Gasteiger partial charge in [0.1, 0.15) is 0 Å². The Morgan fingerprint density at radius 3 is 2.35 bits per heavy atom. The smallest absolute Gasteiger partial charge is 0.377 e. The average Bonchev–Trinajstić information content (AvgIpc) is 2.83. The number of benzene rings is 2. The lowest BCUT2D eigenvalue weighted by Crippen LogP contribution is -2.08. The van der Waals surface area contributed by atoms with E-state index in [0.717, 1.165) is 34.3 Å². The third kappa shape index (κ3) is 2.42. The predicted octanol–water partition coefficient (Wildman–Crippen LogP) is 5.18. The minimum Gasteiger partial charge on any atom is -0.377 e. The van der Waals surface area contributed by atoms with Crippen LogP contribution < -0.4 is 5.32 Å². The van der Waals surface area contributed by atoms with Crippen LogP contribution in [0.4, 0.5) is 18.9 Å². The van der Waals surface area contributed by atoms with Gasteiger partial charge in [0.2, 0.25) is 0 Å². The number of fused-ring (bicyclic) bond motifs is 1. The highest BCUT2D eigenvalue weighted by atomic mass is 79.9. The van der Waals surface area contributed by atoms with Gasteiger partial charge in [0.25, 0.3) is 0 Å². The third-order valence-electron chi connectivity index (χ3n) is 3.48. The van der Waals surface area contributed by atoms with Crippen LogP contribution in [0.15, 0.2) is 46.9 Å². The summed E-state index contributed by atoms with van der Waals surface area (Å²) in [6.07, 6.45) is -3.51. The Morgan fingerprint density at radius 1 is 1.05 bits per heavy atom. The molecule has 0 aromatic heterocycles. The molecule has 1 heterocycles. The molecule has 1 atom stereocenters. The first-order chi connectivity index (χ1) is 9.45. The Kier molecular flexibility index (Phi) is 3.24. The van der Waals surface area contributed by atoms with Gasteiger partial charge in [-0.3, -0.25) is 0 Å². The lowest BCUT2D eigenvalue weighted by molar-refractivity contribution is -0.137. The number of rotatable bonds is 1. The second kappa shape index (κ2) is 4.81. The molecule has 0 bridgehead atoms. The molecule has 1 aliphatic heterocycles. The quantitative estimate of drug-likeness (QED) is 0.753. The maximum Gasteiger partial charge on any atom is 0.416 e. The molecule has 2 aromatic carbocycles. The Hall–Kier alpha value is -1.49. The van der Waals surface area contributed by atoms with Crippen molar-refractivity contribution in [2.75, 3.05) is 5.32 Å². The summed E-state index contributed by atoms with van der Waals surface area (Å²) in [5.41, 5.74) is 2.45. The average molecular weight is 342 g/mol. The standard InChI is InChI=1S/C15H11BrF3N/c16-12-3-1-2-10-8-13(20-14(10)12)9-4-6-11(7-5-9)15(17,18)19/h1-7,13,20H,8H2. The van der Waals surface area contributed by atoms with Crippen LogP contribution >= 0.6 is 15.9 Å². The highest BCUT2D eigenvalue weighted by molar-refractivity contribution is 9.10. The lowest BCUT2D eigenvalue weighted by atomic mass is 10.0. The van der Waals surface area contributed by atoms with Crippen LogP contribution in [0.3, 0.4) is 0 Å². The summed E-state index contributed by atoms with van der Waals surface area (Å²) in [6.45, 7) is 0. The van der Waals surface area contributed by atoms with Crippen LogP contribution in [0.2, 0.25) is 0 Å². The van der Waals surface area contributed by atoms with E-state index in [-0.39, 0.29) is 6.04 Å². The van der Waals surface area contributed by atoms with Crippen molar-refractivity contribution in [1.82, 2.24) is 0 Å². The van der Waals surface area contributed by atoms with Gasteiger partial charge in [0.15, 0.2) is 0 Å². The van der Waals surface area contributed by atoms with E-state index in [4.69, 9.17) is 0 Å².